The first-order chi connectivity index (χ1) is 18.6. The number of rotatable bonds is 12. The van der Waals surface area contributed by atoms with Crippen LogP contribution in [0.5, 0.6) is 5.75 Å². The zero-order valence-electron chi connectivity index (χ0n) is 27.7. The highest BCUT2D eigenvalue weighted by Crippen LogP contribution is 2.39. The number of hydrogen-bond acceptors (Lipinski definition) is 4. The van der Waals surface area contributed by atoms with Gasteiger partial charge in [0.1, 0.15) is 12.4 Å². The van der Waals surface area contributed by atoms with Crippen molar-refractivity contribution in [2.24, 2.45) is 0 Å². The summed E-state index contributed by atoms with van der Waals surface area (Å²) in [5.41, 5.74) is 3.73. The van der Waals surface area contributed by atoms with Crippen LogP contribution in [-0.4, -0.2) is 30.2 Å². The molecule has 0 amide bonds. The summed E-state index contributed by atoms with van der Waals surface area (Å²) in [5.74, 6) is 0.812. The molecule has 0 atom stereocenters. The highest BCUT2D eigenvalue weighted by molar-refractivity contribution is 6.32. The smallest absolute Gasteiger partial charge is 0.236 e. The fraction of sp³-hybridized carbons (Fsp3) is 0.543. The molecule has 224 valence electrons. The lowest BCUT2D eigenvalue weighted by Crippen LogP contribution is -2.34. The van der Waals surface area contributed by atoms with Crippen molar-refractivity contribution >= 4 is 25.1 Å². The molecule has 2 aromatic rings. The molecule has 0 saturated carbocycles. The average Bonchev–Trinajstić information content (AvgIpc) is 2.83. The third kappa shape index (κ3) is 12.4. The van der Waals surface area contributed by atoms with Crippen molar-refractivity contribution in [1.29, 1.82) is 0 Å². The van der Waals surface area contributed by atoms with Gasteiger partial charge in [-0.3, -0.25) is 0 Å². The van der Waals surface area contributed by atoms with E-state index >= 15 is 0 Å². The monoisotopic (exact) mass is 592 g/mol. The molecule has 0 aliphatic heterocycles. The van der Waals surface area contributed by atoms with Crippen molar-refractivity contribution in [2.75, 3.05) is 0 Å². The fourth-order valence-electron chi connectivity index (χ4n) is 3.90. The Labute approximate surface area is 255 Å². The highest BCUT2D eigenvalue weighted by Gasteiger charge is 2.34. The standard InChI is InChI=1S/C35H52O4Si2/c1-25(16-15-21-33(8,9)36)27-17-14-18-28(23-27)37-24-26-19-20-29(34(10,11)38-40-31(2,3)4)30(22-26)35(12,13)39-41-32(5,6)7/h14-23,36H,24H2,1-13H3. The number of hydrogen-bond donors (Lipinski definition) is 1. The molecule has 4 radical (unpaired) electrons. The van der Waals surface area contributed by atoms with Gasteiger partial charge in [0, 0.05) is 0 Å². The summed E-state index contributed by atoms with van der Waals surface area (Å²) >= 11 is 0. The van der Waals surface area contributed by atoms with E-state index in [1.165, 1.54) is 0 Å². The van der Waals surface area contributed by atoms with Crippen LogP contribution in [0, 0.1) is 0 Å². The van der Waals surface area contributed by atoms with E-state index in [9.17, 15) is 5.11 Å². The lowest BCUT2D eigenvalue weighted by molar-refractivity contribution is 0.0828. The van der Waals surface area contributed by atoms with E-state index in [0.717, 1.165) is 33.6 Å². The number of aliphatic hydroxyl groups is 1. The van der Waals surface area contributed by atoms with E-state index < -0.39 is 16.8 Å². The van der Waals surface area contributed by atoms with Gasteiger partial charge in [-0.1, -0.05) is 84.0 Å². The molecule has 0 heterocycles. The molecule has 6 heteroatoms. The number of ether oxygens (including phenoxy) is 1. The molecule has 2 aromatic carbocycles. The van der Waals surface area contributed by atoms with Crippen LogP contribution in [0.4, 0.5) is 0 Å². The molecule has 0 spiro atoms. The molecule has 1 N–H and O–H groups in total. The van der Waals surface area contributed by atoms with Gasteiger partial charge >= 0.3 is 0 Å². The minimum atomic E-state index is -0.836. The van der Waals surface area contributed by atoms with E-state index in [4.69, 9.17) is 13.6 Å². The first-order valence-corrected chi connectivity index (χ1v) is 16.3. The SMILES string of the molecule is CC(=CC=CC(C)(C)O)c1cccc(OCc2ccc(C(C)(C)O[Si]C(C)(C)C)c(C(C)(C)O[Si]C(C)(C)C)c2)c1. The summed E-state index contributed by atoms with van der Waals surface area (Å²) in [5, 5.41) is 10.1. The van der Waals surface area contributed by atoms with Crippen LogP contribution < -0.4 is 4.74 Å². The van der Waals surface area contributed by atoms with Gasteiger partial charge in [-0.2, -0.15) is 0 Å². The van der Waals surface area contributed by atoms with Crippen molar-refractivity contribution < 1.29 is 18.7 Å². The maximum atomic E-state index is 9.93. The summed E-state index contributed by atoms with van der Waals surface area (Å²) in [6.45, 7) is 27.9. The topological polar surface area (TPSA) is 47.9 Å². The molecule has 0 unspecified atom stereocenters. The van der Waals surface area contributed by atoms with E-state index in [0.29, 0.717) is 26.1 Å². The molecule has 0 saturated heterocycles. The van der Waals surface area contributed by atoms with Gasteiger partial charge in [0.25, 0.3) is 0 Å². The summed E-state index contributed by atoms with van der Waals surface area (Å²) in [6.07, 6.45) is 5.68. The number of benzene rings is 2. The van der Waals surface area contributed by atoms with E-state index in [1.807, 2.05) is 24.3 Å². The first-order valence-electron chi connectivity index (χ1n) is 14.4. The Kier molecular flexibility index (Phi) is 11.6. The van der Waals surface area contributed by atoms with Gasteiger partial charge in [-0.05, 0) is 105 Å². The molecular weight excluding hydrogens is 541 g/mol. The average molecular weight is 593 g/mol. The molecule has 4 nitrogen and oxygen atoms in total. The normalized spacial score (nSPS) is 14.1. The van der Waals surface area contributed by atoms with E-state index in [2.05, 4.69) is 106 Å². The first kappa shape index (κ1) is 35.2. The largest absolute Gasteiger partial charge is 0.489 e. The van der Waals surface area contributed by atoms with Crippen molar-refractivity contribution in [3.05, 3.63) is 82.9 Å². The van der Waals surface area contributed by atoms with Crippen LogP contribution in [0.1, 0.15) is 112 Å². The zero-order chi connectivity index (χ0) is 31.3. The van der Waals surface area contributed by atoms with E-state index in [-0.39, 0.29) is 10.1 Å². The lowest BCUT2D eigenvalue weighted by Gasteiger charge is -2.37. The summed E-state index contributed by atoms with van der Waals surface area (Å²) in [4.78, 5) is 0. The zero-order valence-corrected chi connectivity index (χ0v) is 29.7. The predicted octanol–water partition coefficient (Wildman–Crippen LogP) is 9.17. The summed E-state index contributed by atoms with van der Waals surface area (Å²) in [6, 6.07) is 14.7. The van der Waals surface area contributed by atoms with Crippen molar-refractivity contribution in [3.63, 3.8) is 0 Å². The second-order valence-corrected chi connectivity index (χ2v) is 18.3. The molecule has 2 rings (SSSR count). The third-order valence-electron chi connectivity index (χ3n) is 6.15. The van der Waals surface area contributed by atoms with Crippen molar-refractivity contribution in [1.82, 2.24) is 0 Å². The summed E-state index contributed by atoms with van der Waals surface area (Å²) in [7, 11) is 0.740. The van der Waals surface area contributed by atoms with Gasteiger partial charge in [-0.15, -0.1) is 0 Å². The van der Waals surface area contributed by atoms with Gasteiger partial charge in [-0.25, -0.2) is 0 Å². The third-order valence-corrected chi connectivity index (χ3v) is 8.60. The minimum Gasteiger partial charge on any atom is -0.489 e. The molecule has 0 aromatic heterocycles. The molecule has 41 heavy (non-hydrogen) atoms. The van der Waals surface area contributed by atoms with Crippen LogP contribution in [-0.2, 0) is 26.7 Å². The predicted molar refractivity (Wildman–Crippen MR) is 175 cm³/mol. The second-order valence-electron chi connectivity index (χ2n) is 14.5. The van der Waals surface area contributed by atoms with Crippen molar-refractivity contribution in [3.8, 4) is 5.75 Å². The minimum absolute atomic E-state index is 0.0828. The molecule has 0 aliphatic carbocycles. The fourth-order valence-corrected chi connectivity index (χ4v) is 5.24. The van der Waals surface area contributed by atoms with Crippen LogP contribution in [0.15, 0.2) is 60.7 Å². The molecule has 0 bridgehead atoms. The Morgan fingerprint density at radius 1 is 0.756 bits per heavy atom. The maximum Gasteiger partial charge on any atom is 0.236 e. The quantitative estimate of drug-likeness (QED) is 0.197. The van der Waals surface area contributed by atoms with Gasteiger partial charge in [0.15, 0.2) is 0 Å². The Bertz CT molecular complexity index is 1210. The summed E-state index contributed by atoms with van der Waals surface area (Å²) < 4.78 is 19.4. The van der Waals surface area contributed by atoms with Gasteiger partial charge in [0.05, 0.1) is 16.8 Å². The van der Waals surface area contributed by atoms with Crippen LogP contribution in [0.25, 0.3) is 5.57 Å². The maximum absolute atomic E-state index is 9.93. The molecule has 0 aliphatic rings. The highest BCUT2D eigenvalue weighted by atomic mass is 28.2. The van der Waals surface area contributed by atoms with Crippen molar-refractivity contribution in [2.45, 2.75) is 123 Å². The van der Waals surface area contributed by atoms with Crippen LogP contribution >= 0.6 is 0 Å². The van der Waals surface area contributed by atoms with Gasteiger partial charge < -0.3 is 18.7 Å². The Morgan fingerprint density at radius 3 is 1.85 bits per heavy atom. The Balaban J connectivity index is 2.36. The van der Waals surface area contributed by atoms with Crippen LogP contribution in [0.3, 0.4) is 0 Å². The molecular formula is C35H52O4Si2. The van der Waals surface area contributed by atoms with Crippen LogP contribution in [0.2, 0.25) is 10.1 Å². The van der Waals surface area contributed by atoms with E-state index in [1.54, 1.807) is 19.9 Å². The Hall–Kier alpha value is -1.97. The van der Waals surface area contributed by atoms with Gasteiger partial charge in [0.2, 0.25) is 19.5 Å². The number of allylic oxidation sites excluding steroid dienone is 3. The second kappa shape index (κ2) is 13.6. The molecule has 0 fully saturated rings. The Morgan fingerprint density at radius 2 is 1.32 bits per heavy atom. The lowest BCUT2D eigenvalue weighted by atomic mass is 9.84.